The molecule has 1 spiro atoms. The summed E-state index contributed by atoms with van der Waals surface area (Å²) in [7, 11) is 1.10. The average Bonchev–Trinajstić information content (AvgIpc) is 3.25. The number of imide groups is 1. The molecule has 0 radical (unpaired) electrons. The Morgan fingerprint density at radius 2 is 1.74 bits per heavy atom. The average molecular weight is 502 g/mol. The third-order valence-corrected chi connectivity index (χ3v) is 9.57. The van der Waals surface area contributed by atoms with Gasteiger partial charge in [-0.05, 0) is 88.7 Å². The normalized spacial score (nSPS) is 21.5. The second-order valence-corrected chi connectivity index (χ2v) is 12.2. The summed E-state index contributed by atoms with van der Waals surface area (Å²) in [5.41, 5.74) is 2.03. The molecule has 3 aliphatic rings. The van der Waals surface area contributed by atoms with E-state index in [1.807, 2.05) is 7.05 Å². The minimum Gasteiger partial charge on any atom is -0.361 e. The number of fused-ring (bicyclic) bond motifs is 1. The van der Waals surface area contributed by atoms with Crippen molar-refractivity contribution >= 4 is 28.3 Å². The number of likely N-dealkylation sites (tertiary alicyclic amines) is 1. The fourth-order valence-corrected chi connectivity index (χ4v) is 7.52. The largest absolute Gasteiger partial charge is 0.361 e. The Hall–Kier alpha value is -1.73. The van der Waals surface area contributed by atoms with E-state index >= 15 is 0 Å². The molecule has 1 saturated heterocycles. The molecule has 1 unspecified atom stereocenters. The summed E-state index contributed by atoms with van der Waals surface area (Å²) in [4.78, 5) is 32.7. The van der Waals surface area contributed by atoms with E-state index < -0.39 is 10.8 Å². The van der Waals surface area contributed by atoms with E-state index in [1.165, 1.54) is 12.0 Å². The first-order valence-corrected chi connectivity index (χ1v) is 15.0. The van der Waals surface area contributed by atoms with E-state index in [0.717, 1.165) is 94.4 Å². The number of rotatable bonds is 12. The monoisotopic (exact) mass is 501 g/mol. The molecule has 1 aromatic rings. The predicted molar refractivity (Wildman–Crippen MR) is 142 cm³/mol. The maximum absolute atomic E-state index is 13.0. The molecule has 0 bridgehead atoms. The summed E-state index contributed by atoms with van der Waals surface area (Å²) < 4.78 is 12.3. The topological polar surface area (TPSA) is 60.9 Å². The van der Waals surface area contributed by atoms with Crippen molar-refractivity contribution in [3.05, 3.63) is 23.8 Å². The van der Waals surface area contributed by atoms with Crippen LogP contribution in [0.1, 0.15) is 83.1 Å². The van der Waals surface area contributed by atoms with E-state index in [9.17, 15) is 13.8 Å². The lowest BCUT2D eigenvalue weighted by Crippen LogP contribution is -2.37. The van der Waals surface area contributed by atoms with Gasteiger partial charge >= 0.3 is 0 Å². The molecule has 0 N–H and O–H groups in total. The van der Waals surface area contributed by atoms with Gasteiger partial charge in [0.2, 0.25) is 11.8 Å². The van der Waals surface area contributed by atoms with E-state index in [1.54, 1.807) is 4.90 Å². The van der Waals surface area contributed by atoms with Gasteiger partial charge in [-0.25, -0.2) is 0 Å². The van der Waals surface area contributed by atoms with Crippen LogP contribution in [-0.2, 0) is 26.8 Å². The maximum atomic E-state index is 13.0. The molecule has 1 atom stereocenters. The standard InChI is InChI=1S/C28H43N3O3S/c1-3-16-30(17-8-5-11-23-12-13-24-25(20-23)35(34)22-29(24)2)18-9-10-19-31-26(32)21-28(27(31)33)14-6-4-7-15-28/h12-13,20H,3-11,14-19,21-22H2,1-2H3. The fourth-order valence-electron chi connectivity index (χ4n) is 6.15. The minimum absolute atomic E-state index is 0.0596. The highest BCUT2D eigenvalue weighted by atomic mass is 32.2. The predicted octanol–water partition coefficient (Wildman–Crippen LogP) is 4.73. The molecule has 1 aliphatic carbocycles. The van der Waals surface area contributed by atoms with Gasteiger partial charge in [-0.3, -0.25) is 18.7 Å². The van der Waals surface area contributed by atoms with Crippen molar-refractivity contribution in [3.63, 3.8) is 0 Å². The zero-order chi connectivity index (χ0) is 24.8. The fraction of sp³-hybridized carbons (Fsp3) is 0.714. The van der Waals surface area contributed by atoms with Crippen LogP contribution in [0.15, 0.2) is 23.1 Å². The number of hydrogen-bond donors (Lipinski definition) is 0. The van der Waals surface area contributed by atoms with Crippen LogP contribution in [-0.4, -0.2) is 64.9 Å². The van der Waals surface area contributed by atoms with Crippen molar-refractivity contribution in [2.75, 3.05) is 44.0 Å². The van der Waals surface area contributed by atoms with Gasteiger partial charge in [0.15, 0.2) is 0 Å². The molecule has 2 heterocycles. The lowest BCUT2D eigenvalue weighted by molar-refractivity contribution is -0.142. The van der Waals surface area contributed by atoms with Crippen molar-refractivity contribution in [2.24, 2.45) is 5.41 Å². The number of unbranched alkanes of at least 4 members (excludes halogenated alkanes) is 2. The number of benzene rings is 1. The van der Waals surface area contributed by atoms with Crippen LogP contribution in [0.5, 0.6) is 0 Å². The zero-order valence-electron chi connectivity index (χ0n) is 21.7. The maximum Gasteiger partial charge on any atom is 0.235 e. The molecule has 4 rings (SSSR count). The van der Waals surface area contributed by atoms with Crippen LogP contribution >= 0.6 is 0 Å². The third kappa shape index (κ3) is 6.16. The van der Waals surface area contributed by atoms with Crippen LogP contribution in [0.4, 0.5) is 5.69 Å². The highest BCUT2D eigenvalue weighted by molar-refractivity contribution is 7.85. The number of carbonyl (C=O) groups excluding carboxylic acids is 2. The molecule has 1 aromatic carbocycles. The molecule has 2 fully saturated rings. The molecular weight excluding hydrogens is 458 g/mol. The van der Waals surface area contributed by atoms with Gasteiger partial charge in [-0.1, -0.05) is 32.3 Å². The van der Waals surface area contributed by atoms with Crippen molar-refractivity contribution in [1.82, 2.24) is 9.80 Å². The number of aryl methyl sites for hydroxylation is 1. The van der Waals surface area contributed by atoms with Crippen LogP contribution in [0.3, 0.4) is 0 Å². The molecule has 35 heavy (non-hydrogen) atoms. The van der Waals surface area contributed by atoms with Crippen molar-refractivity contribution in [2.45, 2.75) is 88.9 Å². The Bertz CT molecular complexity index is 928. The van der Waals surface area contributed by atoms with Crippen LogP contribution in [0, 0.1) is 5.41 Å². The molecule has 7 heteroatoms. The SMILES string of the molecule is CCCN(CCCCc1ccc2c(c1)S(=O)CN2C)CCCCN1C(=O)CC2(CCCCC2)C1=O. The summed E-state index contributed by atoms with van der Waals surface area (Å²) in [6.45, 7) is 6.01. The first-order valence-electron chi connectivity index (χ1n) is 13.7. The molecule has 2 aliphatic heterocycles. The Morgan fingerprint density at radius 3 is 2.49 bits per heavy atom. The third-order valence-electron chi connectivity index (χ3n) is 8.13. The number of nitrogens with zero attached hydrogens (tertiary/aromatic N) is 3. The van der Waals surface area contributed by atoms with Crippen LogP contribution in [0.2, 0.25) is 0 Å². The highest BCUT2D eigenvalue weighted by Gasteiger charge is 2.51. The van der Waals surface area contributed by atoms with Crippen LogP contribution in [0.25, 0.3) is 0 Å². The van der Waals surface area contributed by atoms with E-state index in [4.69, 9.17) is 0 Å². The number of carbonyl (C=O) groups is 2. The summed E-state index contributed by atoms with van der Waals surface area (Å²) in [6.07, 6.45) is 12.0. The summed E-state index contributed by atoms with van der Waals surface area (Å²) in [6, 6.07) is 6.43. The smallest absolute Gasteiger partial charge is 0.235 e. The number of amides is 2. The lowest BCUT2D eigenvalue weighted by Gasteiger charge is -2.30. The van der Waals surface area contributed by atoms with Crippen LogP contribution < -0.4 is 4.90 Å². The van der Waals surface area contributed by atoms with Crippen molar-refractivity contribution < 1.29 is 13.8 Å². The van der Waals surface area contributed by atoms with Gasteiger partial charge in [0, 0.05) is 20.0 Å². The Labute approximate surface area is 213 Å². The number of hydrogen-bond acceptors (Lipinski definition) is 5. The molecule has 194 valence electrons. The van der Waals surface area contributed by atoms with Gasteiger partial charge in [-0.15, -0.1) is 0 Å². The first-order chi connectivity index (χ1) is 16.9. The lowest BCUT2D eigenvalue weighted by atomic mass is 9.73. The summed E-state index contributed by atoms with van der Waals surface area (Å²) in [5, 5.41) is 0. The molecule has 1 saturated carbocycles. The van der Waals surface area contributed by atoms with Crippen molar-refractivity contribution in [1.29, 1.82) is 0 Å². The minimum atomic E-state index is -0.897. The van der Waals surface area contributed by atoms with Gasteiger partial charge in [0.25, 0.3) is 0 Å². The Morgan fingerprint density at radius 1 is 1.00 bits per heavy atom. The van der Waals surface area contributed by atoms with Gasteiger partial charge < -0.3 is 9.80 Å². The zero-order valence-corrected chi connectivity index (χ0v) is 22.5. The van der Waals surface area contributed by atoms with Gasteiger partial charge in [-0.2, -0.15) is 0 Å². The van der Waals surface area contributed by atoms with Gasteiger partial charge in [0.1, 0.15) is 0 Å². The second kappa shape index (κ2) is 12.0. The van der Waals surface area contributed by atoms with E-state index in [-0.39, 0.29) is 17.2 Å². The molecule has 2 amide bonds. The quantitative estimate of drug-likeness (QED) is 0.306. The highest BCUT2D eigenvalue weighted by Crippen LogP contribution is 2.45. The summed E-state index contributed by atoms with van der Waals surface area (Å²) in [5.74, 6) is 0.783. The first kappa shape index (κ1) is 26.3. The van der Waals surface area contributed by atoms with Crippen molar-refractivity contribution in [3.8, 4) is 0 Å². The molecule has 6 nitrogen and oxygen atoms in total. The Kier molecular flexibility index (Phi) is 9.03. The van der Waals surface area contributed by atoms with E-state index in [2.05, 4.69) is 34.9 Å². The Balaban J connectivity index is 1.16. The number of anilines is 1. The molecular formula is C28H43N3O3S. The van der Waals surface area contributed by atoms with E-state index in [0.29, 0.717) is 18.8 Å². The summed E-state index contributed by atoms with van der Waals surface area (Å²) >= 11 is 0. The molecule has 0 aromatic heterocycles. The second-order valence-electron chi connectivity index (χ2n) is 10.8. The van der Waals surface area contributed by atoms with Gasteiger partial charge in [0.05, 0.1) is 32.7 Å².